The van der Waals surface area contributed by atoms with Crippen LogP contribution in [0.25, 0.3) is 0 Å². The fourth-order valence-corrected chi connectivity index (χ4v) is 3.47. The minimum Gasteiger partial charge on any atom is -0.343 e. The van der Waals surface area contributed by atoms with Gasteiger partial charge in [0.25, 0.3) is 0 Å². The van der Waals surface area contributed by atoms with E-state index in [1.54, 1.807) is 0 Å². The van der Waals surface area contributed by atoms with E-state index in [1.807, 2.05) is 16.6 Å². The number of hydrogen-bond acceptors (Lipinski definition) is 3. The van der Waals surface area contributed by atoms with Crippen molar-refractivity contribution < 1.29 is 4.79 Å². The third-order valence-electron chi connectivity index (χ3n) is 4.02. The molecule has 118 valence electrons. The summed E-state index contributed by atoms with van der Waals surface area (Å²) < 4.78 is 2.99. The molecule has 1 aromatic heterocycles. The lowest BCUT2D eigenvalue weighted by atomic mass is 10.1. The van der Waals surface area contributed by atoms with E-state index in [0.29, 0.717) is 13.0 Å². The summed E-state index contributed by atoms with van der Waals surface area (Å²) in [6, 6.07) is 0. The van der Waals surface area contributed by atoms with Crippen LogP contribution in [-0.4, -0.2) is 40.2 Å². The Kier molecular flexibility index (Phi) is 6.23. The molecular formula is C15H25BrN4O. The average molecular weight is 357 g/mol. The zero-order valence-electron chi connectivity index (χ0n) is 13.0. The van der Waals surface area contributed by atoms with E-state index in [0.717, 1.165) is 54.8 Å². The Morgan fingerprint density at radius 1 is 1.33 bits per heavy atom. The Morgan fingerprint density at radius 2 is 2.05 bits per heavy atom. The first kappa shape index (κ1) is 16.5. The minimum absolute atomic E-state index is 0.278. The number of piperidine rings is 1. The van der Waals surface area contributed by atoms with Gasteiger partial charge in [0.2, 0.25) is 5.91 Å². The van der Waals surface area contributed by atoms with Crippen molar-refractivity contribution in [2.45, 2.75) is 45.6 Å². The van der Waals surface area contributed by atoms with Crippen LogP contribution in [0.5, 0.6) is 0 Å². The van der Waals surface area contributed by atoms with Crippen LogP contribution in [0.1, 0.15) is 44.0 Å². The highest BCUT2D eigenvalue weighted by molar-refractivity contribution is 9.10. The first-order valence-electron chi connectivity index (χ1n) is 7.82. The Balaban J connectivity index is 1.74. The molecule has 0 spiro atoms. The SMILES string of the molecule is CCc1nn(C)c(CNCCC(=O)N2CCCCC2)c1Br. The van der Waals surface area contributed by atoms with Crippen molar-refractivity contribution >= 4 is 21.8 Å². The number of hydrogen-bond donors (Lipinski definition) is 1. The molecule has 1 amide bonds. The normalized spacial score (nSPS) is 15.5. The highest BCUT2D eigenvalue weighted by Crippen LogP contribution is 2.21. The van der Waals surface area contributed by atoms with Crippen molar-refractivity contribution in [2.75, 3.05) is 19.6 Å². The molecule has 1 aliphatic heterocycles. The van der Waals surface area contributed by atoms with E-state index in [2.05, 4.69) is 33.3 Å². The van der Waals surface area contributed by atoms with E-state index in [1.165, 1.54) is 6.42 Å². The second-order valence-electron chi connectivity index (χ2n) is 5.55. The largest absolute Gasteiger partial charge is 0.343 e. The van der Waals surface area contributed by atoms with Crippen molar-refractivity contribution in [1.29, 1.82) is 0 Å². The highest BCUT2D eigenvalue weighted by atomic mass is 79.9. The number of aromatic nitrogens is 2. The standard InChI is InChI=1S/C15H25BrN4O/c1-3-12-15(16)13(19(2)18-12)11-17-8-7-14(21)20-9-5-4-6-10-20/h17H,3-11H2,1-2H3. The van der Waals surface area contributed by atoms with Gasteiger partial charge >= 0.3 is 0 Å². The van der Waals surface area contributed by atoms with Gasteiger partial charge in [-0.25, -0.2) is 0 Å². The number of nitrogens with zero attached hydrogens (tertiary/aromatic N) is 3. The van der Waals surface area contributed by atoms with Gasteiger partial charge in [0.15, 0.2) is 0 Å². The first-order valence-corrected chi connectivity index (χ1v) is 8.61. The van der Waals surface area contributed by atoms with E-state index >= 15 is 0 Å². The zero-order chi connectivity index (χ0) is 15.2. The van der Waals surface area contributed by atoms with Gasteiger partial charge in [-0.05, 0) is 41.6 Å². The highest BCUT2D eigenvalue weighted by Gasteiger charge is 2.16. The fourth-order valence-electron chi connectivity index (χ4n) is 2.72. The fraction of sp³-hybridized carbons (Fsp3) is 0.733. The Morgan fingerprint density at radius 3 is 2.67 bits per heavy atom. The second-order valence-corrected chi connectivity index (χ2v) is 6.35. The molecule has 1 fully saturated rings. The van der Waals surface area contributed by atoms with E-state index in [-0.39, 0.29) is 5.91 Å². The Hall–Kier alpha value is -0.880. The molecule has 2 heterocycles. The number of likely N-dealkylation sites (tertiary alicyclic amines) is 1. The maximum Gasteiger partial charge on any atom is 0.223 e. The topological polar surface area (TPSA) is 50.2 Å². The Bertz CT molecular complexity index is 480. The third-order valence-corrected chi connectivity index (χ3v) is 4.94. The van der Waals surface area contributed by atoms with E-state index in [4.69, 9.17) is 0 Å². The van der Waals surface area contributed by atoms with Crippen LogP contribution in [0.15, 0.2) is 4.47 Å². The van der Waals surface area contributed by atoms with Gasteiger partial charge in [0, 0.05) is 39.6 Å². The van der Waals surface area contributed by atoms with Crippen LogP contribution >= 0.6 is 15.9 Å². The summed E-state index contributed by atoms with van der Waals surface area (Å²) in [6.45, 7) is 5.42. The molecule has 2 rings (SSSR count). The van der Waals surface area contributed by atoms with Crippen molar-refractivity contribution in [3.05, 3.63) is 15.9 Å². The number of aryl methyl sites for hydroxylation is 2. The van der Waals surface area contributed by atoms with Crippen LogP contribution in [0, 0.1) is 0 Å². The molecule has 0 unspecified atom stereocenters. The van der Waals surface area contributed by atoms with Crippen LogP contribution in [-0.2, 0) is 24.8 Å². The smallest absolute Gasteiger partial charge is 0.223 e. The molecule has 1 aromatic rings. The predicted octanol–water partition coefficient (Wildman–Crippen LogP) is 2.24. The lowest BCUT2D eigenvalue weighted by Crippen LogP contribution is -2.37. The van der Waals surface area contributed by atoms with Gasteiger partial charge in [-0.3, -0.25) is 9.48 Å². The summed E-state index contributed by atoms with van der Waals surface area (Å²) in [4.78, 5) is 14.1. The molecule has 0 aromatic carbocycles. The molecule has 0 aliphatic carbocycles. The van der Waals surface area contributed by atoms with Crippen LogP contribution < -0.4 is 5.32 Å². The molecule has 1 saturated heterocycles. The lowest BCUT2D eigenvalue weighted by molar-refractivity contribution is -0.131. The number of nitrogens with one attached hydrogen (secondary N) is 1. The maximum atomic E-state index is 12.1. The number of carbonyl (C=O) groups excluding carboxylic acids is 1. The van der Waals surface area contributed by atoms with Gasteiger partial charge in [-0.15, -0.1) is 0 Å². The average Bonchev–Trinajstić information content (AvgIpc) is 2.79. The van der Waals surface area contributed by atoms with Crippen molar-refractivity contribution in [2.24, 2.45) is 7.05 Å². The number of halogens is 1. The van der Waals surface area contributed by atoms with Crippen LogP contribution in [0.4, 0.5) is 0 Å². The summed E-state index contributed by atoms with van der Waals surface area (Å²) in [5.41, 5.74) is 2.22. The minimum atomic E-state index is 0.278. The molecule has 0 atom stereocenters. The number of carbonyl (C=O) groups is 1. The molecule has 1 aliphatic rings. The monoisotopic (exact) mass is 356 g/mol. The number of rotatable bonds is 6. The molecule has 21 heavy (non-hydrogen) atoms. The van der Waals surface area contributed by atoms with Gasteiger partial charge in [0.1, 0.15) is 0 Å². The number of amides is 1. The maximum absolute atomic E-state index is 12.1. The van der Waals surface area contributed by atoms with Crippen LogP contribution in [0.2, 0.25) is 0 Å². The molecule has 5 nitrogen and oxygen atoms in total. The van der Waals surface area contributed by atoms with Crippen molar-refractivity contribution in [3.8, 4) is 0 Å². The zero-order valence-corrected chi connectivity index (χ0v) is 14.6. The lowest BCUT2D eigenvalue weighted by Gasteiger charge is -2.26. The summed E-state index contributed by atoms with van der Waals surface area (Å²) in [7, 11) is 1.96. The van der Waals surface area contributed by atoms with Gasteiger partial charge in [0.05, 0.1) is 15.9 Å². The summed E-state index contributed by atoms with van der Waals surface area (Å²) in [6.07, 6.45) is 5.07. The molecule has 0 saturated carbocycles. The summed E-state index contributed by atoms with van der Waals surface area (Å²) >= 11 is 3.61. The third kappa shape index (κ3) is 4.30. The quantitative estimate of drug-likeness (QED) is 0.795. The predicted molar refractivity (Wildman–Crippen MR) is 87.0 cm³/mol. The molecule has 0 radical (unpaired) electrons. The molecular weight excluding hydrogens is 332 g/mol. The van der Waals surface area contributed by atoms with E-state index in [9.17, 15) is 4.79 Å². The van der Waals surface area contributed by atoms with Gasteiger partial charge in [-0.2, -0.15) is 5.10 Å². The van der Waals surface area contributed by atoms with Gasteiger partial charge in [-0.1, -0.05) is 6.92 Å². The van der Waals surface area contributed by atoms with Crippen LogP contribution in [0.3, 0.4) is 0 Å². The summed E-state index contributed by atoms with van der Waals surface area (Å²) in [5.74, 6) is 0.278. The van der Waals surface area contributed by atoms with Crippen molar-refractivity contribution in [3.63, 3.8) is 0 Å². The Labute approximate surface area is 135 Å². The van der Waals surface area contributed by atoms with Gasteiger partial charge < -0.3 is 10.2 Å². The molecule has 0 bridgehead atoms. The van der Waals surface area contributed by atoms with Crippen molar-refractivity contribution in [1.82, 2.24) is 20.0 Å². The van der Waals surface area contributed by atoms with E-state index < -0.39 is 0 Å². The molecule has 1 N–H and O–H groups in total. The summed E-state index contributed by atoms with van der Waals surface area (Å²) in [5, 5.41) is 7.82. The molecule has 6 heteroatoms. The second kappa shape index (κ2) is 7.94. The first-order chi connectivity index (χ1) is 10.1.